The van der Waals surface area contributed by atoms with E-state index < -0.39 is 0 Å². The molecule has 0 aliphatic carbocycles. The summed E-state index contributed by atoms with van der Waals surface area (Å²) < 4.78 is 29.7. The van der Waals surface area contributed by atoms with Crippen LogP contribution < -0.4 is 10.1 Å². The van der Waals surface area contributed by atoms with Crippen LogP contribution in [0.15, 0.2) is 58.8 Å². The minimum Gasteiger partial charge on any atom is -0.497 e. The van der Waals surface area contributed by atoms with Gasteiger partial charge in [0, 0.05) is 31.5 Å². The molecule has 172 valence electrons. The van der Waals surface area contributed by atoms with Crippen LogP contribution in [0.5, 0.6) is 5.75 Å². The SMILES string of the molecule is COCCCN1C(=S)NC(c2ccc(F)cc2)C(c2nc(-c3ccc(OC)cc3)no2)=C1C. The molecule has 2 aromatic carbocycles. The van der Waals surface area contributed by atoms with E-state index in [2.05, 4.69) is 15.5 Å². The van der Waals surface area contributed by atoms with Crippen LogP contribution in [0.1, 0.15) is 30.8 Å². The summed E-state index contributed by atoms with van der Waals surface area (Å²) in [5, 5.41) is 8.14. The van der Waals surface area contributed by atoms with Gasteiger partial charge in [-0.1, -0.05) is 17.3 Å². The quantitative estimate of drug-likeness (QED) is 0.380. The molecule has 4 rings (SSSR count). The normalized spacial score (nSPS) is 16.2. The van der Waals surface area contributed by atoms with Gasteiger partial charge in [-0.25, -0.2) is 4.39 Å². The largest absolute Gasteiger partial charge is 0.497 e. The number of methoxy groups -OCH3 is 2. The van der Waals surface area contributed by atoms with E-state index in [1.54, 1.807) is 26.4 Å². The number of rotatable bonds is 8. The van der Waals surface area contributed by atoms with Gasteiger partial charge < -0.3 is 24.2 Å². The molecule has 1 aromatic heterocycles. The molecule has 0 bridgehead atoms. The molecule has 0 fully saturated rings. The van der Waals surface area contributed by atoms with Gasteiger partial charge in [-0.05, 0) is 67.5 Å². The van der Waals surface area contributed by atoms with Crippen molar-refractivity contribution in [3.8, 4) is 17.1 Å². The van der Waals surface area contributed by atoms with Gasteiger partial charge in [-0.2, -0.15) is 4.98 Å². The fourth-order valence-electron chi connectivity index (χ4n) is 3.79. The number of nitrogens with one attached hydrogen (secondary N) is 1. The van der Waals surface area contributed by atoms with E-state index in [9.17, 15) is 4.39 Å². The van der Waals surface area contributed by atoms with Gasteiger partial charge in [0.25, 0.3) is 5.89 Å². The fraction of sp³-hybridized carbons (Fsp3) is 0.292. The zero-order valence-corrected chi connectivity index (χ0v) is 19.5. The molecule has 0 amide bonds. The van der Waals surface area contributed by atoms with E-state index >= 15 is 0 Å². The van der Waals surface area contributed by atoms with Gasteiger partial charge in [-0.3, -0.25) is 0 Å². The molecular weight excluding hydrogens is 443 g/mol. The summed E-state index contributed by atoms with van der Waals surface area (Å²) in [6.07, 6.45) is 0.797. The Bertz CT molecular complexity index is 1150. The number of hydrogen-bond acceptors (Lipinski definition) is 6. The molecule has 1 N–H and O–H groups in total. The summed E-state index contributed by atoms with van der Waals surface area (Å²) in [6, 6.07) is 13.4. The van der Waals surface area contributed by atoms with E-state index in [-0.39, 0.29) is 11.9 Å². The Morgan fingerprint density at radius 3 is 2.52 bits per heavy atom. The molecule has 0 radical (unpaired) electrons. The highest BCUT2D eigenvalue weighted by Gasteiger charge is 2.33. The fourth-order valence-corrected chi connectivity index (χ4v) is 4.14. The Morgan fingerprint density at radius 1 is 1.12 bits per heavy atom. The van der Waals surface area contributed by atoms with Crippen molar-refractivity contribution < 1.29 is 18.4 Å². The lowest BCUT2D eigenvalue weighted by Crippen LogP contribution is -2.46. The molecule has 0 spiro atoms. The number of aromatic nitrogens is 2. The average Bonchev–Trinajstić information content (AvgIpc) is 3.31. The van der Waals surface area contributed by atoms with E-state index in [1.807, 2.05) is 36.1 Å². The van der Waals surface area contributed by atoms with E-state index in [1.165, 1.54) is 12.1 Å². The van der Waals surface area contributed by atoms with Gasteiger partial charge in [0.15, 0.2) is 5.11 Å². The van der Waals surface area contributed by atoms with Gasteiger partial charge in [0.1, 0.15) is 11.6 Å². The Morgan fingerprint density at radius 2 is 1.85 bits per heavy atom. The summed E-state index contributed by atoms with van der Waals surface area (Å²) in [5.74, 6) is 1.28. The van der Waals surface area contributed by atoms with Crippen LogP contribution in [0.25, 0.3) is 17.0 Å². The highest BCUT2D eigenvalue weighted by Crippen LogP contribution is 2.37. The van der Waals surface area contributed by atoms with Crippen LogP contribution >= 0.6 is 12.2 Å². The Hall–Kier alpha value is -3.30. The molecule has 9 heteroatoms. The molecular formula is C24H25FN4O3S. The highest BCUT2D eigenvalue weighted by atomic mass is 32.1. The topological polar surface area (TPSA) is 72.7 Å². The minimum absolute atomic E-state index is 0.305. The first-order valence-corrected chi connectivity index (χ1v) is 10.9. The van der Waals surface area contributed by atoms with Crippen LogP contribution in [0.3, 0.4) is 0 Å². The molecule has 1 atom stereocenters. The molecule has 1 aliphatic rings. The highest BCUT2D eigenvalue weighted by molar-refractivity contribution is 7.80. The number of ether oxygens (including phenoxy) is 2. The van der Waals surface area contributed by atoms with Crippen LogP contribution in [0, 0.1) is 5.82 Å². The summed E-state index contributed by atoms with van der Waals surface area (Å²) >= 11 is 5.65. The maximum atomic E-state index is 13.6. The first-order valence-electron chi connectivity index (χ1n) is 10.5. The minimum atomic E-state index is -0.360. The number of benzene rings is 2. The number of nitrogens with zero attached hydrogens (tertiary/aromatic N) is 3. The van der Waals surface area contributed by atoms with Crippen molar-refractivity contribution in [2.24, 2.45) is 0 Å². The lowest BCUT2D eigenvalue weighted by molar-refractivity contribution is 0.188. The number of thiocarbonyl (C=S) groups is 1. The standard InChI is InChI=1S/C24H25FN4O3S/c1-15-20(23-27-22(28-32-23)17-7-11-19(31-3)12-8-17)21(16-5-9-18(25)10-6-16)26-24(33)29(15)13-4-14-30-2/h5-12,21H,4,13-14H2,1-3H3,(H,26,33). The van der Waals surface area contributed by atoms with E-state index in [0.717, 1.165) is 34.6 Å². The Kier molecular flexibility index (Phi) is 7.00. The Labute approximate surface area is 197 Å². The van der Waals surface area contributed by atoms with Gasteiger partial charge in [-0.15, -0.1) is 0 Å². The molecule has 0 saturated carbocycles. The van der Waals surface area contributed by atoms with Crippen molar-refractivity contribution in [2.45, 2.75) is 19.4 Å². The lowest BCUT2D eigenvalue weighted by Gasteiger charge is -2.37. The zero-order chi connectivity index (χ0) is 23.4. The van der Waals surface area contributed by atoms with Crippen LogP contribution in [0.4, 0.5) is 4.39 Å². The third kappa shape index (κ3) is 4.89. The second-order valence-electron chi connectivity index (χ2n) is 7.58. The van der Waals surface area contributed by atoms with Gasteiger partial charge >= 0.3 is 0 Å². The number of halogens is 1. The second-order valence-corrected chi connectivity index (χ2v) is 7.97. The number of hydrogen-bond donors (Lipinski definition) is 1. The molecule has 1 unspecified atom stereocenters. The van der Waals surface area contributed by atoms with Crippen molar-refractivity contribution in [3.63, 3.8) is 0 Å². The molecule has 7 nitrogen and oxygen atoms in total. The van der Waals surface area contributed by atoms with Crippen molar-refractivity contribution in [1.82, 2.24) is 20.4 Å². The maximum absolute atomic E-state index is 13.6. The predicted molar refractivity (Wildman–Crippen MR) is 127 cm³/mol. The predicted octanol–water partition coefficient (Wildman–Crippen LogP) is 4.58. The molecule has 33 heavy (non-hydrogen) atoms. The molecule has 2 heterocycles. The molecule has 1 aliphatic heterocycles. The van der Waals surface area contributed by atoms with Gasteiger partial charge in [0.05, 0.1) is 18.7 Å². The van der Waals surface area contributed by atoms with Crippen molar-refractivity contribution >= 4 is 22.9 Å². The summed E-state index contributed by atoms with van der Waals surface area (Å²) in [5.41, 5.74) is 3.33. The summed E-state index contributed by atoms with van der Waals surface area (Å²) in [6.45, 7) is 3.26. The van der Waals surface area contributed by atoms with Crippen LogP contribution in [0.2, 0.25) is 0 Å². The smallest absolute Gasteiger partial charge is 0.258 e. The first-order chi connectivity index (χ1) is 16.0. The van der Waals surface area contributed by atoms with Gasteiger partial charge in [0.2, 0.25) is 5.82 Å². The van der Waals surface area contributed by atoms with Crippen molar-refractivity contribution in [2.75, 3.05) is 27.4 Å². The molecule has 3 aromatic rings. The third-order valence-electron chi connectivity index (χ3n) is 5.53. The lowest BCUT2D eigenvalue weighted by atomic mass is 9.94. The summed E-state index contributed by atoms with van der Waals surface area (Å²) in [7, 11) is 3.29. The number of allylic oxidation sites excluding steroid dienone is 1. The second kappa shape index (κ2) is 10.1. The first kappa shape index (κ1) is 22.9. The van der Waals surface area contributed by atoms with Crippen LogP contribution in [-0.2, 0) is 4.74 Å². The Balaban J connectivity index is 1.74. The zero-order valence-electron chi connectivity index (χ0n) is 18.7. The monoisotopic (exact) mass is 468 g/mol. The summed E-state index contributed by atoms with van der Waals surface area (Å²) in [4.78, 5) is 6.68. The molecule has 0 saturated heterocycles. The maximum Gasteiger partial charge on any atom is 0.258 e. The van der Waals surface area contributed by atoms with Crippen molar-refractivity contribution in [3.05, 3.63) is 71.5 Å². The average molecular weight is 469 g/mol. The van der Waals surface area contributed by atoms with Crippen molar-refractivity contribution in [1.29, 1.82) is 0 Å². The van der Waals surface area contributed by atoms with E-state index in [0.29, 0.717) is 30.0 Å². The third-order valence-corrected chi connectivity index (χ3v) is 5.87. The van der Waals surface area contributed by atoms with E-state index in [4.69, 9.17) is 26.2 Å². The van der Waals surface area contributed by atoms with Crippen LogP contribution in [-0.4, -0.2) is 47.5 Å².